The van der Waals surface area contributed by atoms with Gasteiger partial charge in [0.15, 0.2) is 0 Å². The fourth-order valence-corrected chi connectivity index (χ4v) is 2.60. The Morgan fingerprint density at radius 3 is 2.85 bits per heavy atom. The minimum atomic E-state index is -0.301. The molecule has 0 aliphatic carbocycles. The van der Waals surface area contributed by atoms with E-state index >= 15 is 0 Å². The van der Waals surface area contributed by atoms with Crippen LogP contribution in [0.25, 0.3) is 16.7 Å². The number of imidazole rings is 1. The normalized spacial score (nSPS) is 11.4. The number of fused-ring (bicyclic) bond motifs is 1. The summed E-state index contributed by atoms with van der Waals surface area (Å²) in [6.07, 6.45) is 2.73. The van der Waals surface area contributed by atoms with Gasteiger partial charge in [-0.1, -0.05) is 6.92 Å². The topological polar surface area (TPSA) is 35.6 Å². The van der Waals surface area contributed by atoms with Crippen molar-refractivity contribution in [3.8, 4) is 5.69 Å². The van der Waals surface area contributed by atoms with E-state index in [-0.39, 0.29) is 11.7 Å². The molecule has 2 heterocycles. The van der Waals surface area contributed by atoms with E-state index in [0.717, 1.165) is 23.3 Å². The predicted octanol–water partition coefficient (Wildman–Crippen LogP) is 3.20. The van der Waals surface area contributed by atoms with Crippen LogP contribution in [0.15, 0.2) is 24.4 Å². The van der Waals surface area contributed by atoms with Gasteiger partial charge in [0.1, 0.15) is 11.6 Å². The molecule has 0 radical (unpaired) electrons. The number of halogens is 2. The second kappa shape index (κ2) is 4.90. The molecule has 0 N–H and O–H groups in total. The Morgan fingerprint density at radius 1 is 1.35 bits per heavy atom. The highest BCUT2D eigenvalue weighted by atomic mass is 35.5. The molecule has 0 amide bonds. The van der Waals surface area contributed by atoms with Crippen LogP contribution in [0, 0.1) is 5.82 Å². The van der Waals surface area contributed by atoms with Gasteiger partial charge in [-0.15, -0.1) is 11.6 Å². The van der Waals surface area contributed by atoms with Crippen molar-refractivity contribution in [2.45, 2.75) is 19.2 Å². The molecule has 3 aromatic rings. The van der Waals surface area contributed by atoms with E-state index in [0.29, 0.717) is 11.3 Å². The Hall–Kier alpha value is -1.88. The summed E-state index contributed by atoms with van der Waals surface area (Å²) in [6, 6.07) is 4.57. The van der Waals surface area contributed by atoms with E-state index in [1.54, 1.807) is 10.7 Å². The third kappa shape index (κ3) is 1.98. The summed E-state index contributed by atoms with van der Waals surface area (Å²) in [6.45, 7) is 2.05. The molecule has 2 aromatic heterocycles. The molecular formula is C14H14ClFN4. The Labute approximate surface area is 120 Å². The van der Waals surface area contributed by atoms with Gasteiger partial charge in [-0.2, -0.15) is 5.10 Å². The summed E-state index contributed by atoms with van der Waals surface area (Å²) in [5.74, 6) is 0.647. The van der Waals surface area contributed by atoms with Gasteiger partial charge in [0.2, 0.25) is 0 Å². The Bertz CT molecular complexity index is 775. The SMILES string of the molecule is CCc1nn(C)cc1-n1c(CCl)nc2cc(F)ccc21. The molecule has 20 heavy (non-hydrogen) atoms. The maximum atomic E-state index is 13.3. The van der Waals surface area contributed by atoms with Gasteiger partial charge in [-0.05, 0) is 18.6 Å². The van der Waals surface area contributed by atoms with Gasteiger partial charge < -0.3 is 0 Å². The summed E-state index contributed by atoms with van der Waals surface area (Å²) >= 11 is 5.99. The van der Waals surface area contributed by atoms with Crippen molar-refractivity contribution in [3.05, 3.63) is 41.7 Å². The number of hydrogen-bond acceptors (Lipinski definition) is 2. The first-order chi connectivity index (χ1) is 9.63. The number of aryl methyl sites for hydroxylation is 2. The van der Waals surface area contributed by atoms with Crippen LogP contribution >= 0.6 is 11.6 Å². The monoisotopic (exact) mass is 292 g/mol. The fraction of sp³-hybridized carbons (Fsp3) is 0.286. The van der Waals surface area contributed by atoms with Crippen LogP contribution in [0.1, 0.15) is 18.4 Å². The van der Waals surface area contributed by atoms with Crippen LogP contribution < -0.4 is 0 Å². The maximum Gasteiger partial charge on any atom is 0.129 e. The molecule has 0 aliphatic heterocycles. The van der Waals surface area contributed by atoms with Gasteiger partial charge in [0, 0.05) is 19.3 Å². The number of hydrogen-bond donors (Lipinski definition) is 0. The molecule has 1 aromatic carbocycles. The fourth-order valence-electron chi connectivity index (χ4n) is 2.42. The number of nitrogens with zero attached hydrogens (tertiary/aromatic N) is 4. The van der Waals surface area contributed by atoms with Gasteiger partial charge in [0.25, 0.3) is 0 Å². The predicted molar refractivity (Wildman–Crippen MR) is 76.7 cm³/mol. The minimum Gasteiger partial charge on any atom is -0.292 e. The zero-order valence-corrected chi connectivity index (χ0v) is 12.0. The average Bonchev–Trinajstić information content (AvgIpc) is 2.97. The molecule has 104 valence electrons. The third-order valence-corrected chi connectivity index (χ3v) is 3.50. The largest absolute Gasteiger partial charge is 0.292 e. The van der Waals surface area contributed by atoms with Crippen LogP contribution in [0.2, 0.25) is 0 Å². The molecule has 0 saturated carbocycles. The second-order valence-corrected chi connectivity index (χ2v) is 4.89. The van der Waals surface area contributed by atoms with Gasteiger partial charge in [-0.3, -0.25) is 9.25 Å². The van der Waals surface area contributed by atoms with E-state index in [4.69, 9.17) is 11.6 Å². The van der Waals surface area contributed by atoms with Crippen LogP contribution in [0.3, 0.4) is 0 Å². The minimum absolute atomic E-state index is 0.258. The van der Waals surface area contributed by atoms with Crippen molar-refractivity contribution < 1.29 is 4.39 Å². The van der Waals surface area contributed by atoms with Crippen LogP contribution in [-0.2, 0) is 19.3 Å². The molecule has 0 bridgehead atoms. The summed E-state index contributed by atoms with van der Waals surface area (Å²) < 4.78 is 17.1. The molecule has 0 aliphatic rings. The lowest BCUT2D eigenvalue weighted by Gasteiger charge is -2.06. The van der Waals surface area contributed by atoms with Crippen LogP contribution in [-0.4, -0.2) is 19.3 Å². The molecule has 0 atom stereocenters. The lowest BCUT2D eigenvalue weighted by Crippen LogP contribution is -2.01. The van der Waals surface area contributed by atoms with E-state index in [9.17, 15) is 4.39 Å². The number of alkyl halides is 1. The van der Waals surface area contributed by atoms with Crippen LogP contribution in [0.5, 0.6) is 0 Å². The van der Waals surface area contributed by atoms with Gasteiger partial charge in [-0.25, -0.2) is 9.37 Å². The van der Waals surface area contributed by atoms with Gasteiger partial charge in [0.05, 0.1) is 28.3 Å². The molecule has 3 rings (SSSR count). The zero-order chi connectivity index (χ0) is 14.3. The first-order valence-electron chi connectivity index (χ1n) is 6.39. The highest BCUT2D eigenvalue weighted by Gasteiger charge is 2.16. The first kappa shape index (κ1) is 13.1. The lowest BCUT2D eigenvalue weighted by molar-refractivity contribution is 0.629. The molecule has 6 heteroatoms. The van der Waals surface area contributed by atoms with Crippen molar-refractivity contribution >= 4 is 22.6 Å². The van der Waals surface area contributed by atoms with E-state index in [1.165, 1.54) is 12.1 Å². The first-order valence-corrected chi connectivity index (χ1v) is 6.93. The summed E-state index contributed by atoms with van der Waals surface area (Å²) in [5, 5.41) is 4.44. The second-order valence-electron chi connectivity index (χ2n) is 4.62. The van der Waals surface area contributed by atoms with Crippen molar-refractivity contribution in [1.29, 1.82) is 0 Å². The maximum absolute atomic E-state index is 13.3. The smallest absolute Gasteiger partial charge is 0.129 e. The Balaban J connectivity index is 2.33. The van der Waals surface area contributed by atoms with Gasteiger partial charge >= 0.3 is 0 Å². The lowest BCUT2D eigenvalue weighted by atomic mass is 10.2. The van der Waals surface area contributed by atoms with Crippen molar-refractivity contribution in [2.75, 3.05) is 0 Å². The zero-order valence-electron chi connectivity index (χ0n) is 11.3. The molecule has 0 spiro atoms. The van der Waals surface area contributed by atoms with Crippen molar-refractivity contribution in [3.63, 3.8) is 0 Å². The molecule has 0 saturated heterocycles. The Morgan fingerprint density at radius 2 is 2.15 bits per heavy atom. The third-order valence-electron chi connectivity index (χ3n) is 3.26. The number of aromatic nitrogens is 4. The summed E-state index contributed by atoms with van der Waals surface area (Å²) in [4.78, 5) is 4.41. The number of benzene rings is 1. The quantitative estimate of drug-likeness (QED) is 0.695. The number of rotatable bonds is 3. The Kier molecular flexibility index (Phi) is 3.22. The van der Waals surface area contributed by atoms with Crippen LogP contribution in [0.4, 0.5) is 4.39 Å². The molecule has 0 fully saturated rings. The molecular weight excluding hydrogens is 279 g/mol. The van der Waals surface area contributed by atoms with E-state index in [1.807, 2.05) is 24.7 Å². The highest BCUT2D eigenvalue weighted by Crippen LogP contribution is 2.25. The van der Waals surface area contributed by atoms with Crippen molar-refractivity contribution in [2.24, 2.45) is 7.05 Å². The van der Waals surface area contributed by atoms with E-state index in [2.05, 4.69) is 10.1 Å². The molecule has 4 nitrogen and oxygen atoms in total. The highest BCUT2D eigenvalue weighted by molar-refractivity contribution is 6.17. The molecule has 0 unspecified atom stereocenters. The summed E-state index contributed by atoms with van der Waals surface area (Å²) in [7, 11) is 1.88. The average molecular weight is 293 g/mol. The van der Waals surface area contributed by atoms with E-state index < -0.39 is 0 Å². The van der Waals surface area contributed by atoms with Crippen molar-refractivity contribution in [1.82, 2.24) is 19.3 Å². The standard InChI is InChI=1S/C14H14ClFN4/c1-3-10-13(8-19(2)18-10)20-12-5-4-9(16)6-11(12)17-14(20)7-15/h4-6,8H,3,7H2,1-2H3. The summed E-state index contributed by atoms with van der Waals surface area (Å²) in [5.41, 5.74) is 3.35.